The zero-order chi connectivity index (χ0) is 13.1. The van der Waals surface area contributed by atoms with Crippen LogP contribution in [0.1, 0.15) is 38.2 Å². The molecular formula is C15H21BrClN. The first-order valence-electron chi connectivity index (χ1n) is 6.69. The quantitative estimate of drug-likeness (QED) is 0.688. The van der Waals surface area contributed by atoms with Crippen molar-refractivity contribution in [2.45, 2.75) is 44.5 Å². The molecule has 2 unspecified atom stereocenters. The number of hydrogen-bond acceptors (Lipinski definition) is 1. The monoisotopic (exact) mass is 329 g/mol. The summed E-state index contributed by atoms with van der Waals surface area (Å²) in [5.41, 5.74) is 2.45. The number of halogens is 2. The Bertz CT molecular complexity index is 407. The van der Waals surface area contributed by atoms with Crippen LogP contribution in [0.5, 0.6) is 0 Å². The second-order valence-electron chi connectivity index (χ2n) is 5.45. The van der Waals surface area contributed by atoms with Crippen molar-refractivity contribution in [3.63, 3.8) is 0 Å². The van der Waals surface area contributed by atoms with Gasteiger partial charge in [0.05, 0.1) is 0 Å². The molecule has 0 heterocycles. The Morgan fingerprint density at radius 2 is 2.17 bits per heavy atom. The van der Waals surface area contributed by atoms with Gasteiger partial charge in [-0.3, -0.25) is 0 Å². The summed E-state index contributed by atoms with van der Waals surface area (Å²) in [5, 5.41) is 0. The molecule has 2 rings (SSSR count). The maximum Gasteiger partial charge on any atom is 0.0485 e. The molecule has 1 aliphatic carbocycles. The van der Waals surface area contributed by atoms with Gasteiger partial charge in [0, 0.05) is 29.1 Å². The Balaban J connectivity index is 2.12. The van der Waals surface area contributed by atoms with Gasteiger partial charge in [0.25, 0.3) is 0 Å². The van der Waals surface area contributed by atoms with Crippen LogP contribution in [0.25, 0.3) is 0 Å². The minimum atomic E-state index is 0.561. The fraction of sp³-hybridized carbons (Fsp3) is 0.600. The van der Waals surface area contributed by atoms with Crippen molar-refractivity contribution in [1.29, 1.82) is 0 Å². The molecule has 0 spiro atoms. The van der Waals surface area contributed by atoms with Gasteiger partial charge in [-0.05, 0) is 36.5 Å². The van der Waals surface area contributed by atoms with Crippen molar-refractivity contribution in [3.8, 4) is 0 Å². The van der Waals surface area contributed by atoms with Crippen molar-refractivity contribution in [1.82, 2.24) is 0 Å². The summed E-state index contributed by atoms with van der Waals surface area (Å²) < 4.78 is 1.12. The van der Waals surface area contributed by atoms with Gasteiger partial charge in [-0.15, -0.1) is 11.6 Å². The van der Waals surface area contributed by atoms with E-state index in [4.69, 9.17) is 11.6 Å². The van der Waals surface area contributed by atoms with Gasteiger partial charge in [0.2, 0.25) is 0 Å². The van der Waals surface area contributed by atoms with Crippen LogP contribution in [-0.4, -0.2) is 13.1 Å². The first-order valence-corrected chi connectivity index (χ1v) is 8.01. The van der Waals surface area contributed by atoms with Crippen LogP contribution in [0.3, 0.4) is 0 Å². The molecule has 0 bridgehead atoms. The molecule has 0 saturated heterocycles. The van der Waals surface area contributed by atoms with E-state index in [2.05, 4.69) is 53.0 Å². The standard InChI is InChI=1S/C15H21BrClN/c1-11-4-3-5-13(8-11)18(2)14-7-6-12(10-17)15(16)9-14/h6-7,9,11,13H,3-5,8,10H2,1-2H3. The summed E-state index contributed by atoms with van der Waals surface area (Å²) in [7, 11) is 2.21. The second-order valence-corrected chi connectivity index (χ2v) is 6.57. The SMILES string of the molecule is CC1CCCC(N(C)c2ccc(CCl)c(Br)c2)C1. The summed E-state index contributed by atoms with van der Waals surface area (Å²) in [6.07, 6.45) is 5.37. The molecule has 2 atom stereocenters. The van der Waals surface area contributed by atoms with Crippen molar-refractivity contribution in [2.24, 2.45) is 5.92 Å². The molecule has 0 aliphatic heterocycles. The largest absolute Gasteiger partial charge is 0.372 e. The molecule has 1 saturated carbocycles. The average molecular weight is 331 g/mol. The highest BCUT2D eigenvalue weighted by Crippen LogP contribution is 2.31. The minimum Gasteiger partial charge on any atom is -0.372 e. The highest BCUT2D eigenvalue weighted by Gasteiger charge is 2.22. The summed E-state index contributed by atoms with van der Waals surface area (Å²) in [5.74, 6) is 1.42. The lowest BCUT2D eigenvalue weighted by Gasteiger charge is -2.35. The molecule has 3 heteroatoms. The van der Waals surface area contributed by atoms with Crippen LogP contribution >= 0.6 is 27.5 Å². The molecule has 100 valence electrons. The van der Waals surface area contributed by atoms with Crippen LogP contribution in [0.4, 0.5) is 5.69 Å². The molecule has 1 aromatic rings. The third-order valence-electron chi connectivity index (χ3n) is 4.04. The number of alkyl halides is 1. The average Bonchev–Trinajstić information content (AvgIpc) is 2.37. The predicted octanol–water partition coefficient (Wildman–Crippen LogP) is 5.20. The Hall–Kier alpha value is -0.210. The van der Waals surface area contributed by atoms with Crippen LogP contribution in [0.2, 0.25) is 0 Å². The lowest BCUT2D eigenvalue weighted by atomic mass is 9.86. The molecule has 0 amide bonds. The van der Waals surface area contributed by atoms with Gasteiger partial charge in [0.1, 0.15) is 0 Å². The van der Waals surface area contributed by atoms with Crippen LogP contribution in [0, 0.1) is 5.92 Å². The molecule has 0 radical (unpaired) electrons. The first-order chi connectivity index (χ1) is 8.61. The van der Waals surface area contributed by atoms with E-state index in [1.54, 1.807) is 0 Å². The van der Waals surface area contributed by atoms with Gasteiger partial charge < -0.3 is 4.90 Å². The molecular weight excluding hydrogens is 310 g/mol. The van der Waals surface area contributed by atoms with E-state index in [-0.39, 0.29) is 0 Å². The van der Waals surface area contributed by atoms with Crippen molar-refractivity contribution < 1.29 is 0 Å². The lowest BCUT2D eigenvalue weighted by Crippen LogP contribution is -2.35. The van der Waals surface area contributed by atoms with E-state index in [1.807, 2.05) is 0 Å². The first kappa shape index (κ1) is 14.2. The molecule has 1 aliphatic rings. The van der Waals surface area contributed by atoms with E-state index < -0.39 is 0 Å². The van der Waals surface area contributed by atoms with E-state index in [9.17, 15) is 0 Å². The van der Waals surface area contributed by atoms with Gasteiger partial charge in [-0.1, -0.05) is 41.8 Å². The Labute approximate surface area is 124 Å². The number of benzene rings is 1. The van der Waals surface area contributed by atoms with Gasteiger partial charge >= 0.3 is 0 Å². The number of rotatable bonds is 3. The van der Waals surface area contributed by atoms with E-state index in [1.165, 1.54) is 31.4 Å². The third kappa shape index (κ3) is 3.21. The van der Waals surface area contributed by atoms with Crippen LogP contribution in [0.15, 0.2) is 22.7 Å². The van der Waals surface area contributed by atoms with Crippen molar-refractivity contribution in [2.75, 3.05) is 11.9 Å². The molecule has 18 heavy (non-hydrogen) atoms. The molecule has 0 aromatic heterocycles. The fourth-order valence-corrected chi connectivity index (χ4v) is 3.73. The molecule has 1 fully saturated rings. The predicted molar refractivity (Wildman–Crippen MR) is 83.5 cm³/mol. The highest BCUT2D eigenvalue weighted by molar-refractivity contribution is 9.10. The number of anilines is 1. The molecule has 1 nitrogen and oxygen atoms in total. The zero-order valence-corrected chi connectivity index (χ0v) is 13.5. The van der Waals surface area contributed by atoms with E-state index in [0.29, 0.717) is 11.9 Å². The Morgan fingerprint density at radius 3 is 2.78 bits per heavy atom. The smallest absolute Gasteiger partial charge is 0.0485 e. The van der Waals surface area contributed by atoms with E-state index in [0.717, 1.165) is 16.0 Å². The molecule has 0 N–H and O–H groups in total. The summed E-state index contributed by atoms with van der Waals surface area (Å²) in [4.78, 5) is 2.43. The minimum absolute atomic E-state index is 0.561. The lowest BCUT2D eigenvalue weighted by molar-refractivity contribution is 0.336. The van der Waals surface area contributed by atoms with Crippen molar-refractivity contribution in [3.05, 3.63) is 28.2 Å². The summed E-state index contributed by atoms with van der Waals surface area (Å²) in [6, 6.07) is 7.18. The normalized spacial score (nSPS) is 24.0. The van der Waals surface area contributed by atoms with Gasteiger partial charge in [0.15, 0.2) is 0 Å². The summed E-state index contributed by atoms with van der Waals surface area (Å²) in [6.45, 7) is 2.37. The zero-order valence-electron chi connectivity index (χ0n) is 11.1. The maximum atomic E-state index is 5.89. The van der Waals surface area contributed by atoms with Crippen LogP contribution < -0.4 is 4.90 Å². The topological polar surface area (TPSA) is 3.24 Å². The second kappa shape index (κ2) is 6.29. The Morgan fingerprint density at radius 1 is 1.39 bits per heavy atom. The summed E-state index contributed by atoms with van der Waals surface area (Å²) >= 11 is 9.49. The number of hydrogen-bond donors (Lipinski definition) is 0. The highest BCUT2D eigenvalue weighted by atomic mass is 79.9. The number of nitrogens with zero attached hydrogens (tertiary/aromatic N) is 1. The van der Waals surface area contributed by atoms with Crippen LogP contribution in [-0.2, 0) is 5.88 Å². The third-order valence-corrected chi connectivity index (χ3v) is 5.07. The maximum absolute atomic E-state index is 5.89. The molecule has 1 aromatic carbocycles. The van der Waals surface area contributed by atoms with E-state index >= 15 is 0 Å². The van der Waals surface area contributed by atoms with Crippen molar-refractivity contribution >= 4 is 33.2 Å². The Kier molecular flexibility index (Phi) is 4.97. The van der Waals surface area contributed by atoms with Gasteiger partial charge in [-0.25, -0.2) is 0 Å². The fourth-order valence-electron chi connectivity index (χ4n) is 2.83. The van der Waals surface area contributed by atoms with Gasteiger partial charge in [-0.2, -0.15) is 0 Å².